The van der Waals surface area contributed by atoms with Crippen molar-refractivity contribution in [2.75, 3.05) is 27.2 Å². The molecule has 0 amide bonds. The van der Waals surface area contributed by atoms with E-state index >= 15 is 0 Å². The minimum absolute atomic E-state index is 0. The molecule has 0 aliphatic carbocycles. The minimum atomic E-state index is -3.42. The number of halogens is 1. The third-order valence-corrected chi connectivity index (χ3v) is 7.77. The summed E-state index contributed by atoms with van der Waals surface area (Å²) in [6, 6.07) is 3.35. The summed E-state index contributed by atoms with van der Waals surface area (Å²) in [5.41, 5.74) is 1.09. The van der Waals surface area contributed by atoms with E-state index in [0.717, 1.165) is 10.7 Å². The number of rotatable bonds is 8. The maximum atomic E-state index is 12.4. The lowest BCUT2D eigenvalue weighted by atomic mass is 10.2. The van der Waals surface area contributed by atoms with E-state index in [1.807, 2.05) is 0 Å². The van der Waals surface area contributed by atoms with Crippen LogP contribution >= 0.6 is 46.7 Å². The van der Waals surface area contributed by atoms with Crippen LogP contribution in [-0.2, 0) is 16.6 Å². The lowest BCUT2D eigenvalue weighted by molar-refractivity contribution is 0.471. The zero-order valence-corrected chi connectivity index (χ0v) is 20.6. The van der Waals surface area contributed by atoms with Gasteiger partial charge in [0.1, 0.15) is 9.22 Å². The third kappa shape index (κ3) is 6.97. The van der Waals surface area contributed by atoms with E-state index in [1.54, 1.807) is 42.9 Å². The van der Waals surface area contributed by atoms with Gasteiger partial charge in [-0.15, -0.1) is 46.7 Å². The molecule has 0 aliphatic rings. The Kier molecular flexibility index (Phi) is 10.2. The van der Waals surface area contributed by atoms with Gasteiger partial charge < -0.3 is 10.6 Å². The Bertz CT molecular complexity index is 819. The molecule has 0 saturated carbocycles. The van der Waals surface area contributed by atoms with Crippen LogP contribution in [0.3, 0.4) is 0 Å². The average molecular weight is 544 g/mol. The zero-order chi connectivity index (χ0) is 19.2. The normalized spacial score (nSPS) is 12.3. The summed E-state index contributed by atoms with van der Waals surface area (Å²) in [6.07, 6.45) is 0. The monoisotopic (exact) mass is 543 g/mol. The maximum absolute atomic E-state index is 12.4. The number of guanidine groups is 1. The fraction of sp³-hybridized carbons (Fsp3) is 0.500. The minimum Gasteiger partial charge on any atom is -0.355 e. The van der Waals surface area contributed by atoms with Crippen LogP contribution in [0.15, 0.2) is 32.1 Å². The van der Waals surface area contributed by atoms with E-state index in [4.69, 9.17) is 0 Å². The molecule has 11 heteroatoms. The number of nitrogens with one attached hydrogen (secondary N) is 2. The Morgan fingerprint density at radius 3 is 2.63 bits per heavy atom. The topological polar surface area (TPSA) is 86.7 Å². The highest BCUT2D eigenvalue weighted by molar-refractivity contribution is 14.0. The van der Waals surface area contributed by atoms with Gasteiger partial charge in [-0.3, -0.25) is 4.99 Å². The van der Waals surface area contributed by atoms with Gasteiger partial charge >= 0.3 is 0 Å². The number of thiophene rings is 1. The molecule has 0 bridgehead atoms. The molecular formula is C16H26IN5O2S3. The second-order valence-electron chi connectivity index (χ2n) is 5.93. The van der Waals surface area contributed by atoms with E-state index in [9.17, 15) is 8.42 Å². The SMILES string of the molecule is CN=C(NCCN(C)S(=O)(=O)c1cccs1)NCc1nc(C(C)C)cs1.I. The first-order valence-electron chi connectivity index (χ1n) is 8.23. The lowest BCUT2D eigenvalue weighted by Crippen LogP contribution is -2.41. The molecule has 7 nitrogen and oxygen atoms in total. The largest absolute Gasteiger partial charge is 0.355 e. The Morgan fingerprint density at radius 1 is 1.33 bits per heavy atom. The van der Waals surface area contributed by atoms with Crippen LogP contribution in [0.2, 0.25) is 0 Å². The second-order valence-corrected chi connectivity index (χ2v) is 10.1. The molecular weight excluding hydrogens is 517 g/mol. The Balaban J connectivity index is 0.00000364. The van der Waals surface area contributed by atoms with Gasteiger partial charge in [0.25, 0.3) is 10.0 Å². The highest BCUT2D eigenvalue weighted by Gasteiger charge is 2.21. The lowest BCUT2D eigenvalue weighted by Gasteiger charge is -2.17. The van der Waals surface area contributed by atoms with Crippen molar-refractivity contribution in [1.82, 2.24) is 19.9 Å². The summed E-state index contributed by atoms with van der Waals surface area (Å²) in [6.45, 7) is 5.62. The summed E-state index contributed by atoms with van der Waals surface area (Å²) < 4.78 is 26.4. The van der Waals surface area contributed by atoms with Crippen molar-refractivity contribution in [3.8, 4) is 0 Å². The molecule has 2 aromatic heterocycles. The predicted molar refractivity (Wildman–Crippen MR) is 124 cm³/mol. The maximum Gasteiger partial charge on any atom is 0.252 e. The summed E-state index contributed by atoms with van der Waals surface area (Å²) in [5, 5.41) is 11.2. The number of aromatic nitrogens is 1. The van der Waals surface area contributed by atoms with Crippen LogP contribution in [0.25, 0.3) is 0 Å². The highest BCUT2D eigenvalue weighted by atomic mass is 127. The molecule has 0 spiro atoms. The number of hydrogen-bond donors (Lipinski definition) is 2. The van der Waals surface area contributed by atoms with Crippen molar-refractivity contribution in [3.63, 3.8) is 0 Å². The predicted octanol–water partition coefficient (Wildman–Crippen LogP) is 2.93. The van der Waals surface area contributed by atoms with E-state index in [-0.39, 0.29) is 24.0 Å². The van der Waals surface area contributed by atoms with Crippen LogP contribution in [0.4, 0.5) is 0 Å². The van der Waals surface area contributed by atoms with E-state index in [0.29, 0.717) is 35.7 Å². The van der Waals surface area contributed by atoms with E-state index in [2.05, 4.69) is 39.8 Å². The molecule has 2 aromatic rings. The second kappa shape index (κ2) is 11.3. The molecule has 0 aromatic carbocycles. The molecule has 0 atom stereocenters. The Morgan fingerprint density at radius 2 is 2.07 bits per heavy atom. The average Bonchev–Trinajstić information content (AvgIpc) is 3.29. The summed E-state index contributed by atoms with van der Waals surface area (Å²) in [7, 11) is -0.155. The molecule has 27 heavy (non-hydrogen) atoms. The fourth-order valence-electron chi connectivity index (χ4n) is 2.07. The first-order chi connectivity index (χ1) is 12.3. The number of sulfonamides is 1. The van der Waals surface area contributed by atoms with E-state index in [1.165, 1.54) is 15.6 Å². The molecule has 2 N–H and O–H groups in total. The molecule has 2 rings (SSSR count). The Labute approximate surface area is 186 Å². The number of hydrogen-bond acceptors (Lipinski definition) is 6. The van der Waals surface area contributed by atoms with Gasteiger partial charge in [-0.25, -0.2) is 13.4 Å². The number of likely N-dealkylation sites (N-methyl/N-ethyl adjacent to an activating group) is 1. The van der Waals surface area contributed by atoms with Crippen LogP contribution in [0, 0.1) is 0 Å². The van der Waals surface area contributed by atoms with Crippen LogP contribution in [0.5, 0.6) is 0 Å². The molecule has 2 heterocycles. The van der Waals surface area contributed by atoms with Gasteiger partial charge in [-0.2, -0.15) is 4.31 Å². The van der Waals surface area contributed by atoms with Crippen molar-refractivity contribution in [2.24, 2.45) is 4.99 Å². The summed E-state index contributed by atoms with van der Waals surface area (Å²) in [5.74, 6) is 1.03. The molecule has 0 radical (unpaired) electrons. The van der Waals surface area contributed by atoms with Gasteiger partial charge in [0.05, 0.1) is 12.2 Å². The Hall–Kier alpha value is -0.760. The van der Waals surface area contributed by atoms with Gasteiger partial charge in [-0.1, -0.05) is 19.9 Å². The van der Waals surface area contributed by atoms with E-state index < -0.39 is 10.0 Å². The molecule has 0 aliphatic heterocycles. The van der Waals surface area contributed by atoms with Gasteiger partial charge in [0, 0.05) is 32.6 Å². The molecule has 152 valence electrons. The third-order valence-electron chi connectivity index (χ3n) is 3.67. The van der Waals surface area contributed by atoms with Crippen LogP contribution in [-0.4, -0.2) is 50.9 Å². The fourth-order valence-corrected chi connectivity index (χ4v) is 5.34. The molecule has 0 unspecified atom stereocenters. The summed E-state index contributed by atoms with van der Waals surface area (Å²) >= 11 is 2.84. The number of aliphatic imine (C=N–C) groups is 1. The standard InChI is InChI=1S/C16H25N5O2S3.HI/c1-12(2)13-11-25-14(20-13)10-19-16(17-3)18-7-8-21(4)26(22,23)15-6-5-9-24-15;/h5-6,9,11-12H,7-8,10H2,1-4H3,(H2,17,18,19);1H. The molecule has 0 fully saturated rings. The quantitative estimate of drug-likeness (QED) is 0.304. The first-order valence-corrected chi connectivity index (χ1v) is 11.4. The van der Waals surface area contributed by atoms with Crippen molar-refractivity contribution < 1.29 is 8.42 Å². The van der Waals surface area contributed by atoms with Crippen LogP contribution < -0.4 is 10.6 Å². The van der Waals surface area contributed by atoms with Crippen molar-refractivity contribution >= 4 is 62.6 Å². The zero-order valence-electron chi connectivity index (χ0n) is 15.8. The summed E-state index contributed by atoms with van der Waals surface area (Å²) in [4.78, 5) is 8.73. The van der Waals surface area contributed by atoms with Gasteiger partial charge in [0.2, 0.25) is 0 Å². The number of thiazole rings is 1. The smallest absolute Gasteiger partial charge is 0.252 e. The number of nitrogens with zero attached hydrogens (tertiary/aromatic N) is 3. The van der Waals surface area contributed by atoms with Crippen LogP contribution in [0.1, 0.15) is 30.5 Å². The molecule has 0 saturated heterocycles. The van der Waals surface area contributed by atoms with Gasteiger partial charge in [0.15, 0.2) is 5.96 Å². The first kappa shape index (κ1) is 24.3. The van der Waals surface area contributed by atoms with Gasteiger partial charge in [-0.05, 0) is 17.4 Å². The van der Waals surface area contributed by atoms with Crippen molar-refractivity contribution in [1.29, 1.82) is 0 Å². The van der Waals surface area contributed by atoms with Crippen molar-refractivity contribution in [3.05, 3.63) is 33.6 Å². The highest BCUT2D eigenvalue weighted by Crippen LogP contribution is 2.19. The van der Waals surface area contributed by atoms with Crippen molar-refractivity contribution in [2.45, 2.75) is 30.5 Å².